The third-order valence-corrected chi connectivity index (χ3v) is 4.74. The van der Waals surface area contributed by atoms with E-state index in [1.807, 2.05) is 20.8 Å². The van der Waals surface area contributed by atoms with Crippen LogP contribution in [0, 0.1) is 0 Å². The molecule has 0 aromatic heterocycles. The van der Waals surface area contributed by atoms with E-state index in [0.29, 0.717) is 17.2 Å². The molecule has 0 spiro atoms. The molecule has 0 atom stereocenters. The second kappa shape index (κ2) is 8.30. The number of carbonyl (C=O) groups is 1. The molecule has 1 amide bonds. The third-order valence-electron chi connectivity index (χ3n) is 3.34. The Morgan fingerprint density at radius 2 is 1.70 bits per heavy atom. The lowest BCUT2D eigenvalue weighted by Crippen LogP contribution is -2.43. The summed E-state index contributed by atoms with van der Waals surface area (Å²) in [7, 11) is -2.24. The minimum atomic E-state index is -3.75. The van der Waals surface area contributed by atoms with Gasteiger partial charge in [-0.15, -0.1) is 0 Å². The van der Waals surface area contributed by atoms with Crippen molar-refractivity contribution < 1.29 is 22.7 Å². The van der Waals surface area contributed by atoms with Crippen molar-refractivity contribution in [1.82, 2.24) is 5.32 Å². The predicted molar refractivity (Wildman–Crippen MR) is 104 cm³/mol. The maximum Gasteiger partial charge on any atom is 0.261 e. The highest BCUT2D eigenvalue weighted by atomic mass is 32.2. The van der Waals surface area contributed by atoms with Gasteiger partial charge in [0.1, 0.15) is 11.5 Å². The number of benzene rings is 2. The van der Waals surface area contributed by atoms with Crippen molar-refractivity contribution in [2.45, 2.75) is 31.2 Å². The van der Waals surface area contributed by atoms with Crippen LogP contribution in [-0.2, 0) is 14.8 Å². The molecule has 2 N–H and O–H groups in total. The van der Waals surface area contributed by atoms with Crippen molar-refractivity contribution in [3.63, 3.8) is 0 Å². The number of nitrogens with one attached hydrogen (secondary N) is 2. The van der Waals surface area contributed by atoms with Crippen LogP contribution in [0.25, 0.3) is 0 Å². The molecule has 0 aliphatic carbocycles. The number of carbonyl (C=O) groups excluding carboxylic acids is 1. The molecule has 146 valence electrons. The molecule has 2 rings (SSSR count). The van der Waals surface area contributed by atoms with Crippen molar-refractivity contribution in [2.24, 2.45) is 0 Å². The Bertz CT molecular complexity index is 887. The number of amides is 1. The van der Waals surface area contributed by atoms with E-state index in [-0.39, 0.29) is 22.9 Å². The lowest BCUT2D eigenvalue weighted by atomic mass is 10.1. The molecule has 2 aromatic rings. The van der Waals surface area contributed by atoms with Gasteiger partial charge in [0.15, 0.2) is 6.61 Å². The molecule has 0 radical (unpaired) electrons. The van der Waals surface area contributed by atoms with Crippen molar-refractivity contribution in [3.8, 4) is 11.5 Å². The van der Waals surface area contributed by atoms with Gasteiger partial charge in [-0.05, 0) is 57.2 Å². The summed E-state index contributed by atoms with van der Waals surface area (Å²) in [5, 5.41) is 2.78. The molecule has 0 unspecified atom stereocenters. The zero-order valence-corrected chi connectivity index (χ0v) is 16.6. The van der Waals surface area contributed by atoms with Gasteiger partial charge in [-0.25, -0.2) is 8.42 Å². The lowest BCUT2D eigenvalue weighted by Gasteiger charge is -2.20. The van der Waals surface area contributed by atoms with Crippen LogP contribution in [0.3, 0.4) is 0 Å². The van der Waals surface area contributed by atoms with Gasteiger partial charge >= 0.3 is 0 Å². The number of sulfonamides is 1. The van der Waals surface area contributed by atoms with Gasteiger partial charge in [0, 0.05) is 11.6 Å². The number of anilines is 1. The SMILES string of the molecule is COc1cccc(NS(=O)(=O)c2ccc(OCC(=O)NC(C)(C)C)cc2)c1. The van der Waals surface area contributed by atoms with E-state index in [9.17, 15) is 13.2 Å². The molecule has 0 saturated heterocycles. The van der Waals surface area contributed by atoms with Crippen LogP contribution >= 0.6 is 0 Å². The zero-order valence-electron chi connectivity index (χ0n) is 15.8. The Morgan fingerprint density at radius 3 is 2.30 bits per heavy atom. The molecule has 0 saturated carbocycles. The quantitative estimate of drug-likeness (QED) is 0.756. The summed E-state index contributed by atoms with van der Waals surface area (Å²) < 4.78 is 37.9. The Hall–Kier alpha value is -2.74. The van der Waals surface area contributed by atoms with Crippen molar-refractivity contribution >= 4 is 21.6 Å². The summed E-state index contributed by atoms with van der Waals surface area (Å²) in [6.45, 7) is 5.48. The first-order chi connectivity index (χ1) is 12.6. The van der Waals surface area contributed by atoms with Crippen LogP contribution in [0.5, 0.6) is 11.5 Å². The van der Waals surface area contributed by atoms with Gasteiger partial charge in [-0.1, -0.05) is 6.07 Å². The first-order valence-electron chi connectivity index (χ1n) is 8.30. The fraction of sp³-hybridized carbons (Fsp3) is 0.316. The van der Waals surface area contributed by atoms with Crippen LogP contribution in [-0.4, -0.2) is 33.6 Å². The van der Waals surface area contributed by atoms with E-state index in [2.05, 4.69) is 10.0 Å². The summed E-state index contributed by atoms with van der Waals surface area (Å²) in [4.78, 5) is 11.8. The van der Waals surface area contributed by atoms with Crippen LogP contribution < -0.4 is 19.5 Å². The summed E-state index contributed by atoms with van der Waals surface area (Å²) in [5.74, 6) is 0.700. The molecule has 0 bridgehead atoms. The van der Waals surface area contributed by atoms with Crippen LogP contribution in [0.2, 0.25) is 0 Å². The van der Waals surface area contributed by atoms with Gasteiger partial charge in [0.25, 0.3) is 15.9 Å². The summed E-state index contributed by atoms with van der Waals surface area (Å²) in [6.07, 6.45) is 0. The smallest absolute Gasteiger partial charge is 0.261 e. The number of hydrogen-bond donors (Lipinski definition) is 2. The molecular formula is C19H24N2O5S. The number of rotatable bonds is 7. The summed E-state index contributed by atoms with van der Waals surface area (Å²) >= 11 is 0. The van der Waals surface area contributed by atoms with Gasteiger partial charge < -0.3 is 14.8 Å². The molecule has 0 fully saturated rings. The maximum absolute atomic E-state index is 12.5. The van der Waals surface area contributed by atoms with Crippen molar-refractivity contribution in [1.29, 1.82) is 0 Å². The Kier molecular flexibility index (Phi) is 6.32. The molecular weight excluding hydrogens is 368 g/mol. The molecule has 27 heavy (non-hydrogen) atoms. The standard InChI is InChI=1S/C19H24N2O5S/c1-19(2,3)20-18(22)13-26-15-8-10-17(11-9-15)27(23,24)21-14-6-5-7-16(12-14)25-4/h5-12,21H,13H2,1-4H3,(H,20,22). The highest BCUT2D eigenvalue weighted by Gasteiger charge is 2.16. The number of hydrogen-bond acceptors (Lipinski definition) is 5. The average Bonchev–Trinajstić information content (AvgIpc) is 2.58. The average molecular weight is 392 g/mol. The Morgan fingerprint density at radius 1 is 1.04 bits per heavy atom. The fourth-order valence-corrected chi connectivity index (χ4v) is 3.27. The highest BCUT2D eigenvalue weighted by molar-refractivity contribution is 7.92. The fourth-order valence-electron chi connectivity index (χ4n) is 2.22. The van der Waals surface area contributed by atoms with E-state index in [4.69, 9.17) is 9.47 Å². The van der Waals surface area contributed by atoms with E-state index >= 15 is 0 Å². The minimum Gasteiger partial charge on any atom is -0.497 e. The first kappa shape index (κ1) is 20.6. The largest absolute Gasteiger partial charge is 0.497 e. The summed E-state index contributed by atoms with van der Waals surface area (Å²) in [6, 6.07) is 12.5. The van der Waals surface area contributed by atoms with Gasteiger partial charge in [-0.2, -0.15) is 0 Å². The molecule has 0 aliphatic rings. The first-order valence-corrected chi connectivity index (χ1v) is 9.78. The zero-order chi connectivity index (χ0) is 20.1. The molecule has 0 aliphatic heterocycles. The van der Waals surface area contributed by atoms with Crippen molar-refractivity contribution in [3.05, 3.63) is 48.5 Å². The van der Waals surface area contributed by atoms with E-state index in [0.717, 1.165) is 0 Å². The second-order valence-corrected chi connectivity index (χ2v) is 8.58. The number of ether oxygens (including phenoxy) is 2. The predicted octanol–water partition coefficient (Wildman–Crippen LogP) is 2.79. The van der Waals surface area contributed by atoms with Crippen molar-refractivity contribution in [2.75, 3.05) is 18.4 Å². The minimum absolute atomic E-state index is 0.0804. The van der Waals surface area contributed by atoms with Gasteiger partial charge in [0.2, 0.25) is 0 Å². The summed E-state index contributed by atoms with van der Waals surface area (Å²) in [5.41, 5.74) is 0.0537. The normalized spacial score (nSPS) is 11.6. The molecule has 8 heteroatoms. The third kappa shape index (κ3) is 6.49. The van der Waals surface area contributed by atoms with E-state index < -0.39 is 10.0 Å². The lowest BCUT2D eigenvalue weighted by molar-refractivity contribution is -0.124. The van der Waals surface area contributed by atoms with E-state index in [1.54, 1.807) is 24.3 Å². The molecule has 2 aromatic carbocycles. The van der Waals surface area contributed by atoms with Gasteiger partial charge in [-0.3, -0.25) is 9.52 Å². The van der Waals surface area contributed by atoms with Crippen LogP contribution in [0.1, 0.15) is 20.8 Å². The molecule has 7 nitrogen and oxygen atoms in total. The van der Waals surface area contributed by atoms with Crippen LogP contribution in [0.4, 0.5) is 5.69 Å². The number of methoxy groups -OCH3 is 1. The maximum atomic E-state index is 12.5. The Labute approximate surface area is 159 Å². The van der Waals surface area contributed by atoms with E-state index in [1.165, 1.54) is 31.4 Å². The van der Waals surface area contributed by atoms with Crippen LogP contribution in [0.15, 0.2) is 53.4 Å². The monoisotopic (exact) mass is 392 g/mol. The Balaban J connectivity index is 2.01. The second-order valence-electron chi connectivity index (χ2n) is 6.90. The topological polar surface area (TPSA) is 93.7 Å². The van der Waals surface area contributed by atoms with Gasteiger partial charge in [0.05, 0.1) is 17.7 Å². The highest BCUT2D eigenvalue weighted by Crippen LogP contribution is 2.22. The molecule has 0 heterocycles.